The number of carbonyl (C=O) groups excluding carboxylic acids is 2. The summed E-state index contributed by atoms with van der Waals surface area (Å²) < 4.78 is 21.0. The molecular formula is C26H28N2O6S. The summed E-state index contributed by atoms with van der Waals surface area (Å²) in [5.74, 6) is 0.206. The van der Waals surface area contributed by atoms with E-state index in [2.05, 4.69) is 16.3 Å². The largest absolute Gasteiger partial charge is 0.493 e. The van der Waals surface area contributed by atoms with Crippen LogP contribution < -0.4 is 9.47 Å². The molecule has 0 unspecified atom stereocenters. The molecule has 0 atom stereocenters. The molecule has 0 radical (unpaired) electrons. The average Bonchev–Trinajstić information content (AvgIpc) is 3.15. The number of ether oxygens (including phenoxy) is 4. The molecule has 184 valence electrons. The molecule has 0 N–H and O–H groups in total. The number of hydrogen-bond donors (Lipinski definition) is 0. The number of aliphatic imine (C=N–C) groups is 1. The number of para-hydroxylation sites is 1. The van der Waals surface area contributed by atoms with Crippen molar-refractivity contribution >= 4 is 40.6 Å². The van der Waals surface area contributed by atoms with Crippen LogP contribution in [0, 0.1) is 0 Å². The molecule has 35 heavy (non-hydrogen) atoms. The van der Waals surface area contributed by atoms with E-state index in [0.29, 0.717) is 41.1 Å². The van der Waals surface area contributed by atoms with Crippen LogP contribution in [-0.2, 0) is 25.5 Å². The normalized spacial score (nSPS) is 15.5. The van der Waals surface area contributed by atoms with Gasteiger partial charge >= 0.3 is 5.97 Å². The van der Waals surface area contributed by atoms with Crippen molar-refractivity contribution in [2.75, 3.05) is 41.1 Å². The fraction of sp³-hybridized carbons (Fsp3) is 0.269. The van der Waals surface area contributed by atoms with Crippen LogP contribution in [0.25, 0.3) is 6.08 Å². The summed E-state index contributed by atoms with van der Waals surface area (Å²) in [6.45, 7) is 4.32. The van der Waals surface area contributed by atoms with Crippen molar-refractivity contribution in [3.05, 3.63) is 71.2 Å². The minimum atomic E-state index is -0.503. The molecule has 8 nitrogen and oxygen atoms in total. The van der Waals surface area contributed by atoms with Gasteiger partial charge < -0.3 is 18.9 Å². The Bertz CT molecular complexity index is 1130. The van der Waals surface area contributed by atoms with Crippen molar-refractivity contribution < 1.29 is 28.5 Å². The summed E-state index contributed by atoms with van der Waals surface area (Å²) in [4.78, 5) is 31.6. The van der Waals surface area contributed by atoms with Crippen LogP contribution in [0.2, 0.25) is 0 Å². The maximum atomic E-state index is 13.2. The molecule has 0 bridgehead atoms. The maximum Gasteiger partial charge on any atom is 0.343 e. The van der Waals surface area contributed by atoms with Gasteiger partial charge in [0, 0.05) is 12.7 Å². The second kappa shape index (κ2) is 12.8. The Labute approximate surface area is 209 Å². The molecule has 0 saturated carbocycles. The number of methoxy groups -OCH3 is 3. The lowest BCUT2D eigenvalue weighted by Gasteiger charge is -2.15. The van der Waals surface area contributed by atoms with Crippen molar-refractivity contribution in [3.63, 3.8) is 0 Å². The molecule has 1 heterocycles. The predicted molar refractivity (Wildman–Crippen MR) is 137 cm³/mol. The Kier molecular flexibility index (Phi) is 9.51. The SMILES string of the molecule is C=CCc1cc(/C=C2\SC(=Nc3ccccc3)N(CCOC)C2=O)cc(OC)c1OCC(=O)OC. The van der Waals surface area contributed by atoms with E-state index in [0.717, 1.165) is 16.8 Å². The molecule has 1 fully saturated rings. The van der Waals surface area contributed by atoms with Gasteiger partial charge in [0.15, 0.2) is 23.3 Å². The molecule has 1 aliphatic heterocycles. The first-order valence-electron chi connectivity index (χ1n) is 10.9. The van der Waals surface area contributed by atoms with E-state index in [4.69, 9.17) is 14.2 Å². The number of thioether (sulfide) groups is 1. The smallest absolute Gasteiger partial charge is 0.343 e. The van der Waals surface area contributed by atoms with Gasteiger partial charge in [0.25, 0.3) is 5.91 Å². The number of hydrogen-bond acceptors (Lipinski definition) is 8. The summed E-state index contributed by atoms with van der Waals surface area (Å²) in [5, 5.41) is 0.584. The number of benzene rings is 2. The summed E-state index contributed by atoms with van der Waals surface area (Å²) in [6, 6.07) is 13.1. The van der Waals surface area contributed by atoms with E-state index in [-0.39, 0.29) is 12.5 Å². The lowest BCUT2D eigenvalue weighted by atomic mass is 10.0. The second-order valence-corrected chi connectivity index (χ2v) is 8.37. The molecule has 9 heteroatoms. The Morgan fingerprint density at radius 3 is 2.60 bits per heavy atom. The fourth-order valence-corrected chi connectivity index (χ4v) is 4.34. The van der Waals surface area contributed by atoms with Gasteiger partial charge in [-0.25, -0.2) is 9.79 Å². The predicted octanol–water partition coefficient (Wildman–Crippen LogP) is 4.23. The first-order valence-corrected chi connectivity index (χ1v) is 11.7. The third-order valence-corrected chi connectivity index (χ3v) is 5.99. The van der Waals surface area contributed by atoms with Crippen molar-refractivity contribution in [1.29, 1.82) is 0 Å². The molecular weight excluding hydrogens is 468 g/mol. The number of carbonyl (C=O) groups is 2. The Morgan fingerprint density at radius 1 is 1.17 bits per heavy atom. The van der Waals surface area contributed by atoms with Gasteiger partial charge in [-0.05, 0) is 54.1 Å². The van der Waals surface area contributed by atoms with Gasteiger partial charge in [0.1, 0.15) is 0 Å². The van der Waals surface area contributed by atoms with Crippen LogP contribution in [-0.4, -0.2) is 63.0 Å². The zero-order valence-electron chi connectivity index (χ0n) is 20.0. The van der Waals surface area contributed by atoms with E-state index in [1.54, 1.807) is 30.2 Å². The van der Waals surface area contributed by atoms with Crippen molar-refractivity contribution in [3.8, 4) is 11.5 Å². The van der Waals surface area contributed by atoms with Crippen LogP contribution >= 0.6 is 11.8 Å². The molecule has 1 aliphatic rings. The first kappa shape index (κ1) is 26.1. The summed E-state index contributed by atoms with van der Waals surface area (Å²) in [7, 11) is 4.40. The van der Waals surface area contributed by atoms with Gasteiger partial charge in [-0.1, -0.05) is 24.3 Å². The molecule has 0 aliphatic carbocycles. The van der Waals surface area contributed by atoms with E-state index in [9.17, 15) is 9.59 Å². The van der Waals surface area contributed by atoms with Crippen molar-refractivity contribution in [2.24, 2.45) is 4.99 Å². The van der Waals surface area contributed by atoms with Crippen LogP contribution in [0.3, 0.4) is 0 Å². The molecule has 0 aromatic heterocycles. The van der Waals surface area contributed by atoms with E-state index < -0.39 is 5.97 Å². The highest BCUT2D eigenvalue weighted by Gasteiger charge is 2.33. The number of nitrogens with zero attached hydrogens (tertiary/aromatic N) is 2. The molecule has 0 spiro atoms. The standard InChI is InChI=1S/C26H28N2O6S/c1-5-9-19-14-18(15-21(32-3)24(19)34-17-23(29)33-4)16-22-25(30)28(12-13-31-2)26(35-22)27-20-10-7-6-8-11-20/h5-8,10-11,14-16H,1,9,12-13,17H2,2-4H3/b22-16-,27-26?. The monoisotopic (exact) mass is 496 g/mol. The third kappa shape index (κ3) is 6.74. The lowest BCUT2D eigenvalue weighted by Crippen LogP contribution is -2.32. The highest BCUT2D eigenvalue weighted by Crippen LogP contribution is 2.38. The number of allylic oxidation sites excluding steroid dienone is 1. The van der Waals surface area contributed by atoms with Crippen LogP contribution in [0.4, 0.5) is 5.69 Å². The van der Waals surface area contributed by atoms with Gasteiger partial charge in [-0.15, -0.1) is 6.58 Å². The van der Waals surface area contributed by atoms with Gasteiger partial charge in [-0.3, -0.25) is 9.69 Å². The third-order valence-electron chi connectivity index (χ3n) is 4.99. The summed E-state index contributed by atoms with van der Waals surface area (Å²) in [6.07, 6.45) is 3.99. The number of esters is 1. The average molecular weight is 497 g/mol. The summed E-state index contributed by atoms with van der Waals surface area (Å²) >= 11 is 1.30. The zero-order valence-corrected chi connectivity index (χ0v) is 20.8. The molecule has 1 amide bonds. The second-order valence-electron chi connectivity index (χ2n) is 7.36. The molecule has 2 aromatic rings. The number of amidine groups is 1. The van der Waals surface area contributed by atoms with Crippen molar-refractivity contribution in [2.45, 2.75) is 6.42 Å². The molecule has 1 saturated heterocycles. The Morgan fingerprint density at radius 2 is 1.94 bits per heavy atom. The Balaban J connectivity index is 1.97. The number of rotatable bonds is 11. The van der Waals surface area contributed by atoms with Crippen LogP contribution in [0.5, 0.6) is 11.5 Å². The quantitative estimate of drug-likeness (QED) is 0.261. The van der Waals surface area contributed by atoms with Gasteiger partial charge in [0.05, 0.1) is 38.0 Å². The Hall–Kier alpha value is -3.56. The molecule has 2 aromatic carbocycles. The van der Waals surface area contributed by atoms with E-state index in [1.165, 1.54) is 26.0 Å². The lowest BCUT2D eigenvalue weighted by molar-refractivity contribution is -0.143. The number of amides is 1. The zero-order chi connectivity index (χ0) is 25.2. The maximum absolute atomic E-state index is 13.2. The minimum Gasteiger partial charge on any atom is -0.493 e. The van der Waals surface area contributed by atoms with E-state index >= 15 is 0 Å². The highest BCUT2D eigenvalue weighted by molar-refractivity contribution is 8.18. The van der Waals surface area contributed by atoms with Crippen LogP contribution in [0.15, 0.2) is 65.0 Å². The van der Waals surface area contributed by atoms with Crippen LogP contribution in [0.1, 0.15) is 11.1 Å². The molecule has 3 rings (SSSR count). The topological polar surface area (TPSA) is 86.7 Å². The fourth-order valence-electron chi connectivity index (χ4n) is 3.31. The van der Waals surface area contributed by atoms with Gasteiger partial charge in [0.2, 0.25) is 0 Å². The highest BCUT2D eigenvalue weighted by atomic mass is 32.2. The summed E-state index contributed by atoms with van der Waals surface area (Å²) in [5.41, 5.74) is 2.26. The van der Waals surface area contributed by atoms with Gasteiger partial charge in [-0.2, -0.15) is 0 Å². The minimum absolute atomic E-state index is 0.156. The van der Waals surface area contributed by atoms with E-state index in [1.807, 2.05) is 36.4 Å². The first-order chi connectivity index (χ1) is 17.0. The van der Waals surface area contributed by atoms with Crippen molar-refractivity contribution in [1.82, 2.24) is 4.90 Å².